The number of hydrogen-bond donors (Lipinski definition) is 0. The summed E-state index contributed by atoms with van der Waals surface area (Å²) in [5, 5.41) is 0. The van der Waals surface area contributed by atoms with E-state index in [4.69, 9.17) is 18.9 Å². The molecule has 0 aromatic carbocycles. The molecule has 0 aliphatic rings. The summed E-state index contributed by atoms with van der Waals surface area (Å²) in [7, 11) is -4.24. The second kappa shape index (κ2) is 11.4. The molecule has 0 saturated carbocycles. The molecule has 0 N–H and O–H groups in total. The van der Waals surface area contributed by atoms with Crippen LogP contribution in [0.4, 0.5) is 0 Å². The topological polar surface area (TPSA) is 80.3 Å². The minimum atomic E-state index is -2.12. The van der Waals surface area contributed by atoms with Crippen LogP contribution >= 0.6 is 16.1 Å². The Morgan fingerprint density at radius 2 is 1.00 bits per heavy atom. The van der Waals surface area contributed by atoms with Gasteiger partial charge in [-0.15, -0.1) is 0 Å². The summed E-state index contributed by atoms with van der Waals surface area (Å²) in [4.78, 5) is 18.1. The van der Waals surface area contributed by atoms with E-state index in [-0.39, 0.29) is 17.1 Å². The Morgan fingerprint density at radius 1 is 1.00 bits per heavy atom. The van der Waals surface area contributed by atoms with E-state index in [1.54, 1.807) is 0 Å². The van der Waals surface area contributed by atoms with Gasteiger partial charge in [-0.1, -0.05) is 9.13 Å². The SMILES string of the molecule is C[P+](=O)[O-].C[P+](=O)[O-].[Fe+2]. The van der Waals surface area contributed by atoms with Gasteiger partial charge in [-0.25, -0.2) is 0 Å². The van der Waals surface area contributed by atoms with Crippen LogP contribution < -0.4 is 9.79 Å². The molecule has 54 valence electrons. The molecule has 0 fully saturated rings. The van der Waals surface area contributed by atoms with Crippen molar-refractivity contribution in [3.63, 3.8) is 0 Å². The van der Waals surface area contributed by atoms with E-state index in [1.165, 1.54) is 0 Å². The van der Waals surface area contributed by atoms with E-state index < -0.39 is 16.1 Å². The van der Waals surface area contributed by atoms with Gasteiger partial charge in [0.1, 0.15) is 13.3 Å². The monoisotopic (exact) mass is 212 g/mol. The molecule has 0 aromatic heterocycles. The molecule has 0 heterocycles. The molecule has 0 aliphatic carbocycles. The number of hydrogen-bond acceptors (Lipinski definition) is 4. The van der Waals surface area contributed by atoms with Crippen LogP contribution in [0.1, 0.15) is 0 Å². The summed E-state index contributed by atoms with van der Waals surface area (Å²) in [6, 6.07) is 0. The Labute approximate surface area is 65.9 Å². The molecule has 0 aliphatic heterocycles. The predicted octanol–water partition coefficient (Wildman–Crippen LogP) is -0.565. The van der Waals surface area contributed by atoms with E-state index in [0.717, 1.165) is 13.3 Å². The van der Waals surface area contributed by atoms with Gasteiger partial charge in [0.05, 0.1) is 0 Å². The van der Waals surface area contributed by atoms with Crippen molar-refractivity contribution in [2.75, 3.05) is 13.3 Å². The minimum absolute atomic E-state index is 0. The molecule has 0 aromatic rings. The second-order valence-corrected chi connectivity index (χ2v) is 2.64. The predicted molar refractivity (Wildman–Crippen MR) is 27.1 cm³/mol. The van der Waals surface area contributed by atoms with Crippen molar-refractivity contribution in [2.24, 2.45) is 0 Å². The zero-order valence-electron chi connectivity index (χ0n) is 4.88. The Balaban J connectivity index is -0.0000000720. The van der Waals surface area contributed by atoms with Gasteiger partial charge < -0.3 is 9.79 Å². The summed E-state index contributed by atoms with van der Waals surface area (Å²) in [6.45, 7) is 2.24. The quantitative estimate of drug-likeness (QED) is 0.397. The number of rotatable bonds is 0. The van der Waals surface area contributed by atoms with Crippen LogP contribution in [-0.2, 0) is 26.2 Å². The first-order valence-electron chi connectivity index (χ1n) is 1.62. The average molecular weight is 212 g/mol. The molecule has 0 spiro atoms. The van der Waals surface area contributed by atoms with Crippen molar-refractivity contribution in [3.8, 4) is 0 Å². The third-order valence-corrected chi connectivity index (χ3v) is 0. The third-order valence-electron chi connectivity index (χ3n) is 0. The fourth-order valence-corrected chi connectivity index (χ4v) is 0. The largest absolute Gasteiger partial charge is 2.00 e. The Kier molecular flexibility index (Phi) is 20.7. The zero-order chi connectivity index (χ0) is 7.15. The molecule has 0 amide bonds. The summed E-state index contributed by atoms with van der Waals surface area (Å²) in [6.07, 6.45) is 0. The van der Waals surface area contributed by atoms with Gasteiger partial charge in [0.25, 0.3) is 0 Å². The minimum Gasteiger partial charge on any atom is -0.596 e. The molecular weight excluding hydrogens is 206 g/mol. The van der Waals surface area contributed by atoms with Crippen LogP contribution in [-0.4, -0.2) is 13.3 Å². The van der Waals surface area contributed by atoms with Gasteiger partial charge >= 0.3 is 33.1 Å². The first kappa shape index (κ1) is 16.3. The normalized spacial score (nSPS) is 9.78. The smallest absolute Gasteiger partial charge is 0.596 e. The maximum absolute atomic E-state index is 9.04. The Bertz CT molecular complexity index is 74.6. The van der Waals surface area contributed by atoms with Crippen LogP contribution in [0.5, 0.6) is 0 Å². The van der Waals surface area contributed by atoms with Crippen molar-refractivity contribution >= 4 is 16.1 Å². The molecule has 9 heavy (non-hydrogen) atoms. The van der Waals surface area contributed by atoms with Gasteiger partial charge in [0.2, 0.25) is 0 Å². The summed E-state index contributed by atoms with van der Waals surface area (Å²) < 4.78 is 18.1. The van der Waals surface area contributed by atoms with E-state index >= 15 is 0 Å². The first-order valence-corrected chi connectivity index (χ1v) is 4.87. The van der Waals surface area contributed by atoms with Gasteiger partial charge in [0, 0.05) is 0 Å². The van der Waals surface area contributed by atoms with Crippen molar-refractivity contribution in [1.29, 1.82) is 0 Å². The van der Waals surface area contributed by atoms with Gasteiger partial charge in [-0.05, 0) is 0 Å². The molecule has 0 bridgehead atoms. The first-order chi connectivity index (χ1) is 3.46. The van der Waals surface area contributed by atoms with Crippen molar-refractivity contribution in [2.45, 2.75) is 0 Å². The van der Waals surface area contributed by atoms with Crippen molar-refractivity contribution in [1.82, 2.24) is 0 Å². The third kappa shape index (κ3) is 931. The fraction of sp³-hybridized carbons (Fsp3) is 1.00. The Morgan fingerprint density at radius 3 is 1.00 bits per heavy atom. The van der Waals surface area contributed by atoms with E-state index in [9.17, 15) is 0 Å². The Hall–Kier alpha value is 0.639. The summed E-state index contributed by atoms with van der Waals surface area (Å²) in [5.41, 5.74) is 0. The molecule has 4 nitrogen and oxygen atoms in total. The van der Waals surface area contributed by atoms with Crippen molar-refractivity contribution in [3.05, 3.63) is 0 Å². The standard InChI is InChI=1S/2CH3O2P.Fe/c2*1-4(2)3;/h2*1H3;/q;;+2. The molecule has 2 unspecified atom stereocenters. The van der Waals surface area contributed by atoms with E-state index in [2.05, 4.69) is 0 Å². The maximum Gasteiger partial charge on any atom is 2.00 e. The van der Waals surface area contributed by atoms with Crippen LogP contribution in [0.25, 0.3) is 0 Å². The molecular formula is C2H6FeO4P2+2. The molecule has 7 heteroatoms. The van der Waals surface area contributed by atoms with Gasteiger partial charge in [-0.3, -0.25) is 0 Å². The van der Waals surface area contributed by atoms with E-state index in [0.29, 0.717) is 0 Å². The van der Waals surface area contributed by atoms with Crippen LogP contribution in [0.2, 0.25) is 0 Å². The molecule has 2 atom stereocenters. The van der Waals surface area contributed by atoms with E-state index in [1.807, 2.05) is 0 Å². The van der Waals surface area contributed by atoms with Crippen molar-refractivity contribution < 1.29 is 36.0 Å². The molecule has 0 rings (SSSR count). The molecule has 0 radical (unpaired) electrons. The van der Waals surface area contributed by atoms with Crippen LogP contribution in [0, 0.1) is 0 Å². The second-order valence-electron chi connectivity index (χ2n) is 0.879. The van der Waals surface area contributed by atoms with Crippen LogP contribution in [0.3, 0.4) is 0 Å². The van der Waals surface area contributed by atoms with Crippen LogP contribution in [0.15, 0.2) is 0 Å². The summed E-state index contributed by atoms with van der Waals surface area (Å²) >= 11 is 0. The molecule has 0 saturated heterocycles. The summed E-state index contributed by atoms with van der Waals surface area (Å²) in [5.74, 6) is 0. The maximum atomic E-state index is 9.04. The van der Waals surface area contributed by atoms with Gasteiger partial charge in [-0.2, -0.15) is 0 Å². The zero-order valence-corrected chi connectivity index (χ0v) is 7.77. The van der Waals surface area contributed by atoms with Gasteiger partial charge in [0.15, 0.2) is 0 Å². The average Bonchev–Trinajstić information content (AvgIpc) is 1.25. The fourth-order valence-electron chi connectivity index (χ4n) is 0.